The molecule has 0 aromatic carbocycles. The highest BCUT2D eigenvalue weighted by molar-refractivity contribution is 5.60. The molecular formula is C16H27N7. The minimum Gasteiger partial charge on any atom is -0.368 e. The first-order valence-corrected chi connectivity index (χ1v) is 8.81. The predicted octanol–water partition coefficient (Wildman–Crippen LogP) is 2.66. The number of hydrogen-bond acceptors (Lipinski definition) is 6. The molecule has 1 heterocycles. The molecule has 1 aromatic rings. The summed E-state index contributed by atoms with van der Waals surface area (Å²) in [4.78, 5) is 18.8. The van der Waals surface area contributed by atoms with Crippen molar-refractivity contribution < 1.29 is 0 Å². The summed E-state index contributed by atoms with van der Waals surface area (Å²) in [6, 6.07) is 1.18. The van der Waals surface area contributed by atoms with Crippen LogP contribution < -0.4 is 11.5 Å². The van der Waals surface area contributed by atoms with Crippen LogP contribution >= 0.6 is 0 Å². The first kappa shape index (κ1) is 16.0. The lowest BCUT2D eigenvalue weighted by molar-refractivity contribution is 0.163. The standard InChI is InChI=1S/C16H27N7/c17-14-20-15(18)22-16(21-14)19-11-23(12-7-3-1-4-8-12)13-9-5-2-6-10-13/h11-13H,1-10H2,(H4,17,18,20,21,22)/b19-11+. The molecule has 3 rings (SSSR count). The van der Waals surface area contributed by atoms with E-state index in [1.54, 1.807) is 0 Å². The van der Waals surface area contributed by atoms with Crippen LogP contribution in [0.15, 0.2) is 4.99 Å². The summed E-state index contributed by atoms with van der Waals surface area (Å²) < 4.78 is 0. The van der Waals surface area contributed by atoms with Crippen LogP contribution in [0.3, 0.4) is 0 Å². The molecule has 0 aliphatic heterocycles. The SMILES string of the molecule is Nc1nc(N)nc(/N=C/N(C2CCCCC2)C2CCCCC2)n1. The quantitative estimate of drug-likeness (QED) is 0.653. The zero-order chi connectivity index (χ0) is 16.1. The van der Waals surface area contributed by atoms with Crippen molar-refractivity contribution in [1.82, 2.24) is 19.9 Å². The Balaban J connectivity index is 1.77. The summed E-state index contributed by atoms with van der Waals surface area (Å²) in [5.41, 5.74) is 11.2. The van der Waals surface area contributed by atoms with E-state index in [1.807, 2.05) is 6.34 Å². The number of nitrogens with zero attached hydrogens (tertiary/aromatic N) is 5. The van der Waals surface area contributed by atoms with Gasteiger partial charge >= 0.3 is 0 Å². The van der Waals surface area contributed by atoms with Crippen molar-refractivity contribution >= 4 is 24.2 Å². The Morgan fingerprint density at radius 3 is 1.74 bits per heavy atom. The van der Waals surface area contributed by atoms with Crippen molar-refractivity contribution in [3.8, 4) is 0 Å². The number of anilines is 2. The molecule has 1 aromatic heterocycles. The van der Waals surface area contributed by atoms with Crippen molar-refractivity contribution in [1.29, 1.82) is 0 Å². The zero-order valence-corrected chi connectivity index (χ0v) is 13.7. The van der Waals surface area contributed by atoms with E-state index >= 15 is 0 Å². The van der Waals surface area contributed by atoms with Gasteiger partial charge in [0.2, 0.25) is 11.9 Å². The molecule has 23 heavy (non-hydrogen) atoms. The van der Waals surface area contributed by atoms with Gasteiger partial charge in [0.25, 0.3) is 5.95 Å². The van der Waals surface area contributed by atoms with Crippen LogP contribution in [0.25, 0.3) is 0 Å². The largest absolute Gasteiger partial charge is 0.368 e. The third-order valence-corrected chi connectivity index (χ3v) is 4.96. The van der Waals surface area contributed by atoms with Gasteiger partial charge in [0.05, 0.1) is 6.34 Å². The molecule has 2 fully saturated rings. The predicted molar refractivity (Wildman–Crippen MR) is 92.4 cm³/mol. The maximum absolute atomic E-state index is 5.62. The second-order valence-electron chi connectivity index (χ2n) is 6.63. The van der Waals surface area contributed by atoms with E-state index in [0.717, 1.165) is 0 Å². The van der Waals surface area contributed by atoms with Crippen LogP contribution in [0.1, 0.15) is 64.2 Å². The summed E-state index contributed by atoms with van der Waals surface area (Å²) in [5, 5.41) is 0. The van der Waals surface area contributed by atoms with Gasteiger partial charge < -0.3 is 16.4 Å². The fraction of sp³-hybridized carbons (Fsp3) is 0.750. The van der Waals surface area contributed by atoms with Crippen molar-refractivity contribution in [2.24, 2.45) is 4.99 Å². The van der Waals surface area contributed by atoms with Gasteiger partial charge in [-0.2, -0.15) is 15.0 Å². The molecule has 0 radical (unpaired) electrons. The Hall–Kier alpha value is -1.92. The van der Waals surface area contributed by atoms with E-state index in [-0.39, 0.29) is 11.9 Å². The minimum absolute atomic E-state index is 0.117. The first-order valence-electron chi connectivity index (χ1n) is 8.81. The smallest absolute Gasteiger partial charge is 0.257 e. The third kappa shape index (κ3) is 4.30. The molecule has 2 saturated carbocycles. The van der Waals surface area contributed by atoms with E-state index in [1.165, 1.54) is 64.2 Å². The van der Waals surface area contributed by atoms with E-state index in [0.29, 0.717) is 18.0 Å². The average molecular weight is 317 g/mol. The Morgan fingerprint density at radius 2 is 1.26 bits per heavy atom. The number of hydrogen-bond donors (Lipinski definition) is 2. The van der Waals surface area contributed by atoms with E-state index in [9.17, 15) is 0 Å². The van der Waals surface area contributed by atoms with Crippen LogP contribution in [0, 0.1) is 0 Å². The van der Waals surface area contributed by atoms with Crippen molar-refractivity contribution in [3.05, 3.63) is 0 Å². The second kappa shape index (κ2) is 7.57. The van der Waals surface area contributed by atoms with Gasteiger partial charge in [-0.05, 0) is 25.7 Å². The van der Waals surface area contributed by atoms with Gasteiger partial charge in [0.15, 0.2) is 0 Å². The van der Waals surface area contributed by atoms with E-state index in [2.05, 4.69) is 24.8 Å². The fourth-order valence-electron chi connectivity index (χ4n) is 3.82. The maximum Gasteiger partial charge on any atom is 0.257 e. The lowest BCUT2D eigenvalue weighted by Crippen LogP contribution is -2.44. The summed E-state index contributed by atoms with van der Waals surface area (Å²) in [6.07, 6.45) is 14.9. The monoisotopic (exact) mass is 317 g/mol. The molecule has 0 amide bonds. The minimum atomic E-state index is 0.117. The molecule has 0 spiro atoms. The molecule has 0 unspecified atom stereocenters. The zero-order valence-electron chi connectivity index (χ0n) is 13.7. The number of aromatic nitrogens is 3. The Morgan fingerprint density at radius 1 is 0.783 bits per heavy atom. The van der Waals surface area contributed by atoms with Gasteiger partial charge in [-0.1, -0.05) is 38.5 Å². The first-order chi connectivity index (χ1) is 11.2. The van der Waals surface area contributed by atoms with Gasteiger partial charge in [0, 0.05) is 12.1 Å². The normalized spacial score (nSPS) is 20.9. The third-order valence-electron chi connectivity index (χ3n) is 4.96. The maximum atomic E-state index is 5.62. The molecule has 0 bridgehead atoms. The van der Waals surface area contributed by atoms with Gasteiger partial charge in [-0.3, -0.25) is 0 Å². The van der Waals surface area contributed by atoms with Crippen molar-refractivity contribution in [2.75, 3.05) is 11.5 Å². The molecule has 0 atom stereocenters. The molecular weight excluding hydrogens is 290 g/mol. The molecule has 2 aliphatic rings. The number of aliphatic imine (C=N–C) groups is 1. The Bertz CT molecular complexity index is 495. The topological polar surface area (TPSA) is 106 Å². The number of rotatable bonds is 4. The fourth-order valence-corrected chi connectivity index (χ4v) is 3.82. The average Bonchev–Trinajstić information content (AvgIpc) is 2.56. The van der Waals surface area contributed by atoms with Crippen LogP contribution in [0.5, 0.6) is 0 Å². The van der Waals surface area contributed by atoms with Crippen LogP contribution in [-0.2, 0) is 0 Å². The van der Waals surface area contributed by atoms with Gasteiger partial charge in [-0.15, -0.1) is 0 Å². The molecule has 2 aliphatic carbocycles. The second-order valence-corrected chi connectivity index (χ2v) is 6.63. The molecule has 7 heteroatoms. The van der Waals surface area contributed by atoms with Crippen LogP contribution in [-0.4, -0.2) is 38.3 Å². The molecule has 126 valence electrons. The molecule has 0 saturated heterocycles. The highest BCUT2D eigenvalue weighted by Crippen LogP contribution is 2.29. The highest BCUT2D eigenvalue weighted by Gasteiger charge is 2.26. The summed E-state index contributed by atoms with van der Waals surface area (Å²) in [6.45, 7) is 0. The Kier molecular flexibility index (Phi) is 5.25. The summed E-state index contributed by atoms with van der Waals surface area (Å²) >= 11 is 0. The summed E-state index contributed by atoms with van der Waals surface area (Å²) in [5.74, 6) is 0.532. The molecule has 4 N–H and O–H groups in total. The highest BCUT2D eigenvalue weighted by atomic mass is 15.3. The van der Waals surface area contributed by atoms with Crippen molar-refractivity contribution in [3.63, 3.8) is 0 Å². The van der Waals surface area contributed by atoms with Crippen molar-refractivity contribution in [2.45, 2.75) is 76.3 Å². The summed E-state index contributed by atoms with van der Waals surface area (Å²) in [7, 11) is 0. The van der Waals surface area contributed by atoms with Gasteiger partial charge in [0.1, 0.15) is 0 Å². The number of nitrogen functional groups attached to an aromatic ring is 2. The van der Waals surface area contributed by atoms with Crippen LogP contribution in [0.2, 0.25) is 0 Å². The van der Waals surface area contributed by atoms with Gasteiger partial charge in [-0.25, -0.2) is 4.99 Å². The Labute approximate surface area is 137 Å². The lowest BCUT2D eigenvalue weighted by atomic mass is 9.89. The molecule has 7 nitrogen and oxygen atoms in total. The van der Waals surface area contributed by atoms with E-state index in [4.69, 9.17) is 11.5 Å². The van der Waals surface area contributed by atoms with E-state index < -0.39 is 0 Å². The van der Waals surface area contributed by atoms with Crippen LogP contribution in [0.4, 0.5) is 17.8 Å². The number of nitrogens with two attached hydrogens (primary N) is 2. The lowest BCUT2D eigenvalue weighted by Gasteiger charge is -2.40.